The maximum absolute atomic E-state index is 12.2. The van der Waals surface area contributed by atoms with Crippen LogP contribution in [0.25, 0.3) is 10.6 Å². The number of benzene rings is 1. The van der Waals surface area contributed by atoms with Gasteiger partial charge in [-0.2, -0.15) is 5.26 Å². The number of nitriles is 1. The molecule has 3 aromatic rings. The number of hydrogen-bond acceptors (Lipinski definition) is 6. The average molecular weight is 354 g/mol. The Labute approximate surface area is 147 Å². The highest BCUT2D eigenvalue weighted by Gasteiger charge is 2.14. The fraction of sp³-hybridized carbons (Fsp3) is 0.118. The number of thioether (sulfide) groups is 1. The molecule has 2 heterocycles. The van der Waals surface area contributed by atoms with Crippen LogP contribution in [0.3, 0.4) is 0 Å². The molecule has 0 aliphatic carbocycles. The molecule has 0 aliphatic heterocycles. The van der Waals surface area contributed by atoms with Crippen molar-refractivity contribution in [2.24, 2.45) is 5.73 Å². The lowest BCUT2D eigenvalue weighted by molar-refractivity contribution is 0.936. The standard InChI is InChI=1S/C17H14N4OS2/c18-8-11-3-1-4-12(7-11)10-24-17-20-15(14-5-2-6-23-14)13(9-19)16(22)21-17/h1-7H,8,10,18H2,(H,20,21,22). The maximum Gasteiger partial charge on any atom is 0.270 e. The molecule has 0 bridgehead atoms. The van der Waals surface area contributed by atoms with Crippen LogP contribution >= 0.6 is 23.1 Å². The van der Waals surface area contributed by atoms with Crippen LogP contribution in [0.5, 0.6) is 0 Å². The van der Waals surface area contributed by atoms with Crippen molar-refractivity contribution in [3.8, 4) is 16.6 Å². The Morgan fingerprint density at radius 2 is 2.12 bits per heavy atom. The van der Waals surface area contributed by atoms with E-state index in [2.05, 4.69) is 9.97 Å². The lowest BCUT2D eigenvalue weighted by Gasteiger charge is -2.06. The summed E-state index contributed by atoms with van der Waals surface area (Å²) in [6, 6.07) is 13.7. The number of hydrogen-bond donors (Lipinski definition) is 2. The Hall–Kier alpha value is -2.40. The smallest absolute Gasteiger partial charge is 0.270 e. The van der Waals surface area contributed by atoms with Crippen LogP contribution in [0.15, 0.2) is 51.7 Å². The number of rotatable bonds is 5. The molecule has 0 radical (unpaired) electrons. The minimum absolute atomic E-state index is 0.0481. The molecule has 0 amide bonds. The van der Waals surface area contributed by atoms with E-state index in [-0.39, 0.29) is 5.56 Å². The van der Waals surface area contributed by atoms with Crippen molar-refractivity contribution in [3.05, 3.63) is 68.8 Å². The first-order valence-electron chi connectivity index (χ1n) is 7.20. The first-order valence-corrected chi connectivity index (χ1v) is 9.06. The molecule has 3 N–H and O–H groups in total. The van der Waals surface area contributed by atoms with Crippen molar-refractivity contribution in [1.29, 1.82) is 5.26 Å². The molecule has 0 saturated carbocycles. The highest BCUT2D eigenvalue weighted by Crippen LogP contribution is 2.27. The third-order valence-electron chi connectivity index (χ3n) is 3.37. The minimum atomic E-state index is -0.408. The maximum atomic E-state index is 12.2. The van der Waals surface area contributed by atoms with E-state index in [1.54, 1.807) is 0 Å². The van der Waals surface area contributed by atoms with Crippen LogP contribution < -0.4 is 11.3 Å². The van der Waals surface area contributed by atoms with Gasteiger partial charge in [0.1, 0.15) is 17.3 Å². The molecule has 3 rings (SSSR count). The van der Waals surface area contributed by atoms with E-state index in [4.69, 9.17) is 5.73 Å². The van der Waals surface area contributed by atoms with Crippen molar-refractivity contribution in [1.82, 2.24) is 9.97 Å². The normalized spacial score (nSPS) is 10.5. The molecular formula is C17H14N4OS2. The second-order valence-electron chi connectivity index (χ2n) is 5.00. The van der Waals surface area contributed by atoms with Crippen LogP contribution in [0.1, 0.15) is 16.7 Å². The van der Waals surface area contributed by atoms with Gasteiger partial charge in [0, 0.05) is 12.3 Å². The molecule has 7 heteroatoms. The van der Waals surface area contributed by atoms with Gasteiger partial charge in [-0.05, 0) is 22.6 Å². The van der Waals surface area contributed by atoms with Gasteiger partial charge in [-0.3, -0.25) is 4.79 Å². The summed E-state index contributed by atoms with van der Waals surface area (Å²) < 4.78 is 0. The second kappa shape index (κ2) is 7.45. The summed E-state index contributed by atoms with van der Waals surface area (Å²) in [5, 5.41) is 11.6. The van der Waals surface area contributed by atoms with Crippen molar-refractivity contribution in [2.45, 2.75) is 17.5 Å². The van der Waals surface area contributed by atoms with Gasteiger partial charge in [-0.1, -0.05) is 42.1 Å². The predicted molar refractivity (Wildman–Crippen MR) is 96.8 cm³/mol. The van der Waals surface area contributed by atoms with Crippen molar-refractivity contribution < 1.29 is 0 Å². The van der Waals surface area contributed by atoms with Gasteiger partial charge in [0.2, 0.25) is 0 Å². The molecule has 0 aliphatic rings. The van der Waals surface area contributed by atoms with E-state index in [0.29, 0.717) is 23.1 Å². The zero-order valence-corrected chi connectivity index (χ0v) is 14.3. The largest absolute Gasteiger partial charge is 0.326 e. The number of H-pyrrole nitrogens is 1. The number of nitrogens with one attached hydrogen (secondary N) is 1. The first kappa shape index (κ1) is 16.5. The second-order valence-corrected chi connectivity index (χ2v) is 6.91. The molecule has 0 saturated heterocycles. The molecule has 24 heavy (non-hydrogen) atoms. The Morgan fingerprint density at radius 3 is 2.83 bits per heavy atom. The SMILES string of the molecule is N#Cc1c(-c2cccs2)nc(SCc2cccc(CN)c2)[nH]c1=O. The van der Waals surface area contributed by atoms with Gasteiger partial charge in [-0.15, -0.1) is 11.3 Å². The van der Waals surface area contributed by atoms with Gasteiger partial charge in [0.15, 0.2) is 5.16 Å². The third kappa shape index (κ3) is 3.57. The van der Waals surface area contributed by atoms with Gasteiger partial charge in [0.25, 0.3) is 5.56 Å². The monoisotopic (exact) mass is 354 g/mol. The summed E-state index contributed by atoms with van der Waals surface area (Å²) >= 11 is 2.88. The van der Waals surface area contributed by atoms with E-state index in [9.17, 15) is 10.1 Å². The molecule has 0 spiro atoms. The molecular weight excluding hydrogens is 340 g/mol. The molecule has 0 unspecified atom stereocenters. The Morgan fingerprint density at radius 1 is 1.29 bits per heavy atom. The molecule has 5 nitrogen and oxygen atoms in total. The Balaban J connectivity index is 1.89. The van der Waals surface area contributed by atoms with Crippen LogP contribution in [0, 0.1) is 11.3 Å². The molecule has 0 atom stereocenters. The lowest BCUT2D eigenvalue weighted by atomic mass is 10.1. The molecule has 2 aromatic heterocycles. The Bertz CT molecular complexity index is 942. The van der Waals surface area contributed by atoms with E-state index in [0.717, 1.165) is 16.0 Å². The van der Waals surface area contributed by atoms with Crippen molar-refractivity contribution in [3.63, 3.8) is 0 Å². The summed E-state index contributed by atoms with van der Waals surface area (Å²) in [5.41, 5.74) is 7.90. The minimum Gasteiger partial charge on any atom is -0.326 e. The highest BCUT2D eigenvalue weighted by molar-refractivity contribution is 7.98. The van der Waals surface area contributed by atoms with Crippen molar-refractivity contribution >= 4 is 23.1 Å². The fourth-order valence-corrected chi connectivity index (χ4v) is 3.74. The summed E-state index contributed by atoms with van der Waals surface area (Å²) in [5.74, 6) is 0.659. The topological polar surface area (TPSA) is 95.6 Å². The zero-order valence-electron chi connectivity index (χ0n) is 12.7. The lowest BCUT2D eigenvalue weighted by Crippen LogP contribution is -2.14. The summed E-state index contributed by atoms with van der Waals surface area (Å²) in [4.78, 5) is 20.1. The fourth-order valence-electron chi connectivity index (χ4n) is 2.21. The number of aromatic nitrogens is 2. The quantitative estimate of drug-likeness (QED) is 0.542. The molecule has 1 aromatic carbocycles. The van der Waals surface area contributed by atoms with E-state index in [1.165, 1.54) is 23.1 Å². The average Bonchev–Trinajstić information content (AvgIpc) is 3.14. The first-order chi connectivity index (χ1) is 11.7. The molecule has 0 fully saturated rings. The van der Waals surface area contributed by atoms with E-state index < -0.39 is 5.56 Å². The predicted octanol–water partition coefficient (Wildman–Crippen LogP) is 3.12. The van der Waals surface area contributed by atoms with Gasteiger partial charge in [-0.25, -0.2) is 4.98 Å². The summed E-state index contributed by atoms with van der Waals surface area (Å²) in [6.07, 6.45) is 0. The van der Waals surface area contributed by atoms with E-state index >= 15 is 0 Å². The Kier molecular flexibility index (Phi) is 5.11. The van der Waals surface area contributed by atoms with Crippen LogP contribution in [-0.4, -0.2) is 9.97 Å². The van der Waals surface area contributed by atoms with Crippen LogP contribution in [0.4, 0.5) is 0 Å². The summed E-state index contributed by atoms with van der Waals surface area (Å²) in [6.45, 7) is 0.493. The number of thiophene rings is 1. The van der Waals surface area contributed by atoms with Crippen molar-refractivity contribution in [2.75, 3.05) is 0 Å². The van der Waals surface area contributed by atoms with Crippen LogP contribution in [-0.2, 0) is 12.3 Å². The van der Waals surface area contributed by atoms with Gasteiger partial charge < -0.3 is 10.7 Å². The number of nitrogens with two attached hydrogens (primary N) is 1. The van der Waals surface area contributed by atoms with Gasteiger partial charge >= 0.3 is 0 Å². The number of aromatic amines is 1. The zero-order chi connectivity index (χ0) is 16.9. The summed E-state index contributed by atoms with van der Waals surface area (Å²) in [7, 11) is 0. The third-order valence-corrected chi connectivity index (χ3v) is 5.19. The van der Waals surface area contributed by atoms with Gasteiger partial charge in [0.05, 0.1) is 4.88 Å². The number of nitrogens with zero attached hydrogens (tertiary/aromatic N) is 2. The van der Waals surface area contributed by atoms with Crippen LogP contribution in [0.2, 0.25) is 0 Å². The van der Waals surface area contributed by atoms with E-state index in [1.807, 2.05) is 47.8 Å². The molecule has 120 valence electrons. The highest BCUT2D eigenvalue weighted by atomic mass is 32.2.